The molecule has 1 fully saturated rings. The van der Waals surface area contributed by atoms with Gasteiger partial charge in [0.15, 0.2) is 0 Å². The minimum absolute atomic E-state index is 0.136. The Hall–Kier alpha value is -3.54. The smallest absolute Gasteiger partial charge is 0.241 e. The lowest BCUT2D eigenvalue weighted by molar-refractivity contribution is -0.121. The van der Waals surface area contributed by atoms with Gasteiger partial charge in [-0.25, -0.2) is 4.90 Å². The summed E-state index contributed by atoms with van der Waals surface area (Å²) in [5.74, 6) is -0.716. The van der Waals surface area contributed by atoms with Crippen LogP contribution < -0.4 is 4.90 Å². The van der Waals surface area contributed by atoms with E-state index in [-0.39, 0.29) is 24.0 Å². The van der Waals surface area contributed by atoms with Gasteiger partial charge in [-0.2, -0.15) is 0 Å². The van der Waals surface area contributed by atoms with E-state index in [1.807, 2.05) is 6.07 Å². The number of aromatic nitrogens is 2. The number of anilines is 1. The molecule has 2 aliphatic rings. The quantitative estimate of drug-likeness (QED) is 0.515. The average molecular weight is 385 g/mol. The SMILES string of the molecule is O=C1CC(c2cn3c4c(cccc24)CCC3)C(=O)N1c1c[nH]c2cc(O)ccc12. The second-order valence-corrected chi connectivity index (χ2v) is 7.92. The molecule has 2 aliphatic heterocycles. The summed E-state index contributed by atoms with van der Waals surface area (Å²) in [5, 5.41) is 11.5. The number of aromatic hydroxyl groups is 1. The zero-order valence-corrected chi connectivity index (χ0v) is 15.7. The van der Waals surface area contributed by atoms with Crippen LogP contribution in [0.5, 0.6) is 5.75 Å². The number of phenols is 1. The van der Waals surface area contributed by atoms with Crippen LogP contribution in [-0.4, -0.2) is 26.5 Å². The summed E-state index contributed by atoms with van der Waals surface area (Å²) in [5.41, 5.74) is 4.70. The fourth-order valence-corrected chi connectivity index (χ4v) is 4.97. The molecule has 2 amide bonds. The highest BCUT2D eigenvalue weighted by Gasteiger charge is 2.42. The first-order valence-electron chi connectivity index (χ1n) is 9.89. The third-order valence-electron chi connectivity index (χ3n) is 6.26. The van der Waals surface area contributed by atoms with Crippen molar-refractivity contribution in [1.82, 2.24) is 9.55 Å². The first-order valence-corrected chi connectivity index (χ1v) is 9.89. The third-order valence-corrected chi connectivity index (χ3v) is 6.26. The van der Waals surface area contributed by atoms with Gasteiger partial charge in [0.05, 0.1) is 22.6 Å². The van der Waals surface area contributed by atoms with Crippen molar-refractivity contribution in [3.8, 4) is 5.75 Å². The molecule has 2 aromatic carbocycles. The summed E-state index contributed by atoms with van der Waals surface area (Å²) in [6.07, 6.45) is 6.05. The maximum atomic E-state index is 13.4. The predicted molar refractivity (Wildman–Crippen MR) is 110 cm³/mol. The molecule has 0 aliphatic carbocycles. The molecule has 0 saturated carbocycles. The highest BCUT2D eigenvalue weighted by Crippen LogP contribution is 2.41. The van der Waals surface area contributed by atoms with Gasteiger partial charge in [-0.15, -0.1) is 0 Å². The molecule has 6 rings (SSSR count). The molecule has 1 atom stereocenters. The first kappa shape index (κ1) is 16.4. The Labute approximate surface area is 166 Å². The highest BCUT2D eigenvalue weighted by molar-refractivity contribution is 6.26. The van der Waals surface area contributed by atoms with Gasteiger partial charge in [0, 0.05) is 42.2 Å². The molecule has 4 aromatic rings. The fraction of sp³-hybridized carbons (Fsp3) is 0.217. The Morgan fingerprint density at radius 2 is 2.00 bits per heavy atom. The molecule has 2 N–H and O–H groups in total. The van der Waals surface area contributed by atoms with Gasteiger partial charge in [-0.1, -0.05) is 18.2 Å². The predicted octanol–water partition coefficient (Wildman–Crippen LogP) is 3.82. The average Bonchev–Trinajstić information content (AvgIpc) is 3.37. The van der Waals surface area contributed by atoms with E-state index in [9.17, 15) is 14.7 Å². The minimum Gasteiger partial charge on any atom is -0.508 e. The van der Waals surface area contributed by atoms with Crippen LogP contribution in [0.1, 0.15) is 29.9 Å². The summed E-state index contributed by atoms with van der Waals surface area (Å²) in [6, 6.07) is 11.1. The number of para-hydroxylation sites is 1. The van der Waals surface area contributed by atoms with Gasteiger partial charge in [-0.05, 0) is 36.1 Å². The van der Waals surface area contributed by atoms with Crippen molar-refractivity contribution in [1.29, 1.82) is 0 Å². The standard InChI is InChI=1S/C23H19N3O3/c27-14-6-7-16-19(9-14)24-11-20(16)26-21(28)10-17(23(26)29)18-12-25-8-2-4-13-3-1-5-15(18)22(13)25/h1,3,5-7,9,11-12,17,24,27H,2,4,8,10H2. The largest absolute Gasteiger partial charge is 0.508 e. The number of nitrogens with one attached hydrogen (secondary N) is 1. The van der Waals surface area contributed by atoms with Crippen molar-refractivity contribution in [2.24, 2.45) is 0 Å². The van der Waals surface area contributed by atoms with Crippen molar-refractivity contribution in [3.63, 3.8) is 0 Å². The Kier molecular flexibility index (Phi) is 3.25. The summed E-state index contributed by atoms with van der Waals surface area (Å²) in [6.45, 7) is 0.942. The molecule has 0 bridgehead atoms. The van der Waals surface area contributed by atoms with E-state index in [2.05, 4.69) is 27.9 Å². The minimum atomic E-state index is -0.471. The van der Waals surface area contributed by atoms with Gasteiger partial charge in [-0.3, -0.25) is 9.59 Å². The molecule has 144 valence electrons. The van der Waals surface area contributed by atoms with Crippen LogP contribution in [0.15, 0.2) is 48.8 Å². The molecular weight excluding hydrogens is 366 g/mol. The zero-order valence-electron chi connectivity index (χ0n) is 15.7. The Morgan fingerprint density at radius 1 is 1.10 bits per heavy atom. The molecule has 6 nitrogen and oxygen atoms in total. The number of benzene rings is 2. The van der Waals surface area contributed by atoms with Crippen LogP contribution in [0.25, 0.3) is 21.8 Å². The maximum absolute atomic E-state index is 13.4. The number of hydrogen-bond donors (Lipinski definition) is 2. The molecule has 0 radical (unpaired) electrons. The van der Waals surface area contributed by atoms with Crippen LogP contribution >= 0.6 is 0 Å². The summed E-state index contributed by atoms with van der Waals surface area (Å²) < 4.78 is 2.23. The second-order valence-electron chi connectivity index (χ2n) is 7.92. The van der Waals surface area contributed by atoms with Crippen molar-refractivity contribution in [3.05, 3.63) is 59.9 Å². The monoisotopic (exact) mass is 385 g/mol. The molecule has 4 heterocycles. The molecule has 2 aromatic heterocycles. The Balaban J connectivity index is 1.46. The van der Waals surface area contributed by atoms with E-state index in [0.29, 0.717) is 11.2 Å². The van der Waals surface area contributed by atoms with Gasteiger partial charge in [0.1, 0.15) is 5.75 Å². The molecule has 1 saturated heterocycles. The molecule has 1 unspecified atom stereocenters. The lowest BCUT2D eigenvalue weighted by atomic mass is 9.95. The first-order chi connectivity index (χ1) is 14.1. The number of fused-ring (bicyclic) bond motifs is 1. The van der Waals surface area contributed by atoms with Crippen LogP contribution in [0.3, 0.4) is 0 Å². The van der Waals surface area contributed by atoms with Crippen molar-refractivity contribution in [2.75, 3.05) is 4.90 Å². The van der Waals surface area contributed by atoms with Crippen molar-refractivity contribution < 1.29 is 14.7 Å². The number of hydrogen-bond acceptors (Lipinski definition) is 3. The van der Waals surface area contributed by atoms with Crippen LogP contribution in [0, 0.1) is 0 Å². The van der Waals surface area contributed by atoms with Crippen LogP contribution in [-0.2, 0) is 22.6 Å². The Bertz CT molecular complexity index is 1330. The van der Waals surface area contributed by atoms with E-state index in [1.54, 1.807) is 24.4 Å². The van der Waals surface area contributed by atoms with Crippen molar-refractivity contribution >= 4 is 39.3 Å². The van der Waals surface area contributed by atoms with Gasteiger partial charge in [0.2, 0.25) is 11.8 Å². The summed E-state index contributed by atoms with van der Waals surface area (Å²) in [7, 11) is 0. The normalized spacial score (nSPS) is 19.0. The van der Waals surface area contributed by atoms with Gasteiger partial charge < -0.3 is 14.7 Å². The van der Waals surface area contributed by atoms with Crippen molar-refractivity contribution in [2.45, 2.75) is 31.7 Å². The van der Waals surface area contributed by atoms with E-state index >= 15 is 0 Å². The fourth-order valence-electron chi connectivity index (χ4n) is 4.97. The Morgan fingerprint density at radius 3 is 2.90 bits per heavy atom. The van der Waals surface area contributed by atoms with E-state index in [1.165, 1.54) is 16.0 Å². The number of nitrogens with zero attached hydrogens (tertiary/aromatic N) is 2. The molecule has 29 heavy (non-hydrogen) atoms. The number of rotatable bonds is 2. The summed E-state index contributed by atoms with van der Waals surface area (Å²) in [4.78, 5) is 30.7. The molecule has 0 spiro atoms. The molecular formula is C23H19N3O3. The number of carbonyl (C=O) groups excluding carboxylic acids is 2. The number of imide groups is 1. The van der Waals surface area contributed by atoms with Gasteiger partial charge >= 0.3 is 0 Å². The topological polar surface area (TPSA) is 78.3 Å². The third kappa shape index (κ3) is 2.23. The number of aryl methyl sites for hydroxylation is 2. The number of H-pyrrole nitrogens is 1. The van der Waals surface area contributed by atoms with Crippen LogP contribution in [0.2, 0.25) is 0 Å². The highest BCUT2D eigenvalue weighted by atomic mass is 16.3. The molecule has 6 heteroatoms. The lowest BCUT2D eigenvalue weighted by Gasteiger charge is -2.14. The van der Waals surface area contributed by atoms with Gasteiger partial charge in [0.25, 0.3) is 0 Å². The van der Waals surface area contributed by atoms with E-state index in [0.717, 1.165) is 35.7 Å². The van der Waals surface area contributed by atoms with E-state index < -0.39 is 5.92 Å². The zero-order chi connectivity index (χ0) is 19.7. The number of phenolic OH excluding ortho intramolecular Hbond substituents is 1. The number of aromatic amines is 1. The second kappa shape index (κ2) is 5.73. The lowest BCUT2D eigenvalue weighted by Crippen LogP contribution is -2.29. The number of amides is 2. The van der Waals surface area contributed by atoms with Crippen LogP contribution in [0.4, 0.5) is 5.69 Å². The summed E-state index contributed by atoms with van der Waals surface area (Å²) >= 11 is 0. The number of carbonyl (C=O) groups is 2. The maximum Gasteiger partial charge on any atom is 0.241 e. The van der Waals surface area contributed by atoms with E-state index in [4.69, 9.17) is 0 Å².